The van der Waals surface area contributed by atoms with Gasteiger partial charge in [-0.05, 0) is 35.1 Å². The minimum atomic E-state index is -0.120. The molecule has 0 aliphatic heterocycles. The van der Waals surface area contributed by atoms with Crippen molar-refractivity contribution in [3.05, 3.63) is 28.8 Å². The maximum absolute atomic E-state index is 10.1. The van der Waals surface area contributed by atoms with Crippen molar-refractivity contribution >= 4 is 0 Å². The van der Waals surface area contributed by atoms with E-state index in [-0.39, 0.29) is 18.6 Å². The van der Waals surface area contributed by atoms with Crippen LogP contribution in [0.15, 0.2) is 12.1 Å². The second-order valence-corrected chi connectivity index (χ2v) is 6.27. The van der Waals surface area contributed by atoms with Crippen LogP contribution in [0, 0.1) is 6.92 Å². The molecule has 0 bridgehead atoms. The smallest absolute Gasteiger partial charge is 0.119 e. The Hall–Kier alpha value is -1.10. The lowest BCUT2D eigenvalue weighted by atomic mass is 9.84. The molecule has 3 N–H and O–H groups in total. The van der Waals surface area contributed by atoms with Gasteiger partial charge in [0.1, 0.15) is 5.75 Å². The molecule has 20 heavy (non-hydrogen) atoms. The Bertz CT molecular complexity index is 432. The number of benzene rings is 1. The van der Waals surface area contributed by atoms with E-state index in [1.54, 1.807) is 6.07 Å². The van der Waals surface area contributed by atoms with Crippen molar-refractivity contribution < 1.29 is 15.3 Å². The third-order valence-corrected chi connectivity index (χ3v) is 3.49. The van der Waals surface area contributed by atoms with Crippen LogP contribution in [0.2, 0.25) is 0 Å². The number of phenolic OH excluding ortho intramolecular Hbond substituents is 1. The number of nitrogens with zero attached hydrogens (tertiary/aromatic N) is 1. The van der Waals surface area contributed by atoms with Gasteiger partial charge in [-0.3, -0.25) is 4.90 Å². The molecule has 0 saturated carbocycles. The van der Waals surface area contributed by atoms with Crippen molar-refractivity contribution in [1.29, 1.82) is 0 Å². The molecule has 1 aromatic rings. The largest absolute Gasteiger partial charge is 0.508 e. The highest BCUT2D eigenvalue weighted by molar-refractivity contribution is 5.44. The van der Waals surface area contributed by atoms with Gasteiger partial charge in [-0.1, -0.05) is 26.8 Å². The number of aliphatic hydroxyl groups is 2. The van der Waals surface area contributed by atoms with Crippen molar-refractivity contribution in [2.45, 2.75) is 39.7 Å². The molecule has 0 aliphatic rings. The molecule has 0 amide bonds. The molecule has 0 radical (unpaired) electrons. The van der Waals surface area contributed by atoms with Gasteiger partial charge in [-0.25, -0.2) is 0 Å². The Morgan fingerprint density at radius 2 is 1.60 bits per heavy atom. The fourth-order valence-electron chi connectivity index (χ4n) is 2.30. The van der Waals surface area contributed by atoms with E-state index in [2.05, 4.69) is 20.8 Å². The normalized spacial score (nSPS) is 12.2. The number of aryl methyl sites for hydroxylation is 1. The molecule has 1 aromatic carbocycles. The average Bonchev–Trinajstić information content (AvgIpc) is 2.31. The lowest BCUT2D eigenvalue weighted by molar-refractivity contribution is 0.155. The van der Waals surface area contributed by atoms with E-state index >= 15 is 0 Å². The first kappa shape index (κ1) is 17.0. The summed E-state index contributed by atoms with van der Waals surface area (Å²) in [5, 5.41) is 28.2. The van der Waals surface area contributed by atoms with Crippen LogP contribution in [0.1, 0.15) is 37.5 Å². The quantitative estimate of drug-likeness (QED) is 0.744. The minimum absolute atomic E-state index is 0.0727. The zero-order valence-electron chi connectivity index (χ0n) is 13.0. The highest BCUT2D eigenvalue weighted by Crippen LogP contribution is 2.33. The molecule has 0 unspecified atom stereocenters. The number of hydrogen-bond acceptors (Lipinski definition) is 4. The van der Waals surface area contributed by atoms with E-state index in [1.165, 1.54) is 0 Å². The highest BCUT2D eigenvalue weighted by atomic mass is 16.3. The van der Waals surface area contributed by atoms with Crippen molar-refractivity contribution in [3.63, 3.8) is 0 Å². The van der Waals surface area contributed by atoms with Gasteiger partial charge in [0, 0.05) is 19.6 Å². The summed E-state index contributed by atoms with van der Waals surface area (Å²) in [5.41, 5.74) is 2.95. The van der Waals surface area contributed by atoms with Crippen LogP contribution in [0.4, 0.5) is 0 Å². The van der Waals surface area contributed by atoms with Crippen LogP contribution in [0.3, 0.4) is 0 Å². The molecule has 0 aliphatic carbocycles. The summed E-state index contributed by atoms with van der Waals surface area (Å²) in [6, 6.07) is 3.83. The Kier molecular flexibility index (Phi) is 5.99. The van der Waals surface area contributed by atoms with Crippen LogP contribution in [-0.2, 0) is 12.0 Å². The Morgan fingerprint density at radius 1 is 1.05 bits per heavy atom. The zero-order valence-corrected chi connectivity index (χ0v) is 13.0. The number of aromatic hydroxyl groups is 1. The molecule has 0 spiro atoms. The SMILES string of the molecule is Cc1cc(O)c(C(C)(C)C)cc1CN(CCO)CCO. The lowest BCUT2D eigenvalue weighted by Crippen LogP contribution is -2.29. The van der Waals surface area contributed by atoms with Gasteiger partial charge in [-0.2, -0.15) is 0 Å². The first-order valence-electron chi connectivity index (χ1n) is 7.06. The second kappa shape index (κ2) is 7.07. The third-order valence-electron chi connectivity index (χ3n) is 3.49. The van der Waals surface area contributed by atoms with Gasteiger partial charge in [0.25, 0.3) is 0 Å². The average molecular weight is 281 g/mol. The number of phenols is 1. The maximum Gasteiger partial charge on any atom is 0.119 e. The molecule has 0 atom stereocenters. The predicted octanol–water partition coefficient (Wildman–Crippen LogP) is 1.78. The number of rotatable bonds is 6. The van der Waals surface area contributed by atoms with Crippen LogP contribution in [0.25, 0.3) is 0 Å². The van der Waals surface area contributed by atoms with E-state index in [1.807, 2.05) is 17.9 Å². The molecule has 1 rings (SSSR count). The molecule has 4 heteroatoms. The maximum atomic E-state index is 10.1. The predicted molar refractivity (Wildman–Crippen MR) is 81.0 cm³/mol. The van der Waals surface area contributed by atoms with E-state index in [0.29, 0.717) is 25.4 Å². The molecule has 0 aromatic heterocycles. The number of aliphatic hydroxyl groups excluding tert-OH is 2. The molecule has 0 fully saturated rings. The summed E-state index contributed by atoms with van der Waals surface area (Å²) in [5.74, 6) is 0.328. The van der Waals surface area contributed by atoms with Crippen molar-refractivity contribution in [3.8, 4) is 5.75 Å². The molecule has 114 valence electrons. The zero-order chi connectivity index (χ0) is 15.3. The Morgan fingerprint density at radius 3 is 2.05 bits per heavy atom. The van der Waals surface area contributed by atoms with E-state index < -0.39 is 0 Å². The number of hydrogen-bond donors (Lipinski definition) is 3. The molecule has 4 nitrogen and oxygen atoms in total. The summed E-state index contributed by atoms with van der Waals surface area (Å²) in [4.78, 5) is 2.01. The fourth-order valence-corrected chi connectivity index (χ4v) is 2.30. The topological polar surface area (TPSA) is 63.9 Å². The van der Waals surface area contributed by atoms with Gasteiger partial charge in [0.15, 0.2) is 0 Å². The summed E-state index contributed by atoms with van der Waals surface area (Å²) in [7, 11) is 0. The van der Waals surface area contributed by atoms with E-state index in [0.717, 1.165) is 16.7 Å². The monoisotopic (exact) mass is 281 g/mol. The van der Waals surface area contributed by atoms with Gasteiger partial charge in [0.05, 0.1) is 13.2 Å². The van der Waals surface area contributed by atoms with Crippen molar-refractivity contribution in [2.75, 3.05) is 26.3 Å². The lowest BCUT2D eigenvalue weighted by Gasteiger charge is -2.25. The summed E-state index contributed by atoms with van der Waals surface area (Å²) >= 11 is 0. The first-order chi connectivity index (χ1) is 9.29. The van der Waals surface area contributed by atoms with Crippen molar-refractivity contribution in [2.24, 2.45) is 0 Å². The van der Waals surface area contributed by atoms with Gasteiger partial charge >= 0.3 is 0 Å². The van der Waals surface area contributed by atoms with Crippen LogP contribution < -0.4 is 0 Å². The van der Waals surface area contributed by atoms with Gasteiger partial charge in [0.2, 0.25) is 0 Å². The van der Waals surface area contributed by atoms with Gasteiger partial charge < -0.3 is 15.3 Å². The van der Waals surface area contributed by atoms with Crippen LogP contribution in [-0.4, -0.2) is 46.5 Å². The third kappa shape index (κ3) is 4.47. The van der Waals surface area contributed by atoms with E-state index in [9.17, 15) is 5.11 Å². The first-order valence-corrected chi connectivity index (χ1v) is 7.06. The fraction of sp³-hybridized carbons (Fsp3) is 0.625. The summed E-state index contributed by atoms with van der Waals surface area (Å²) in [6.07, 6.45) is 0. The second-order valence-electron chi connectivity index (χ2n) is 6.27. The van der Waals surface area contributed by atoms with Crippen molar-refractivity contribution in [1.82, 2.24) is 4.90 Å². The molecular formula is C16H27NO3. The van der Waals surface area contributed by atoms with Gasteiger partial charge in [-0.15, -0.1) is 0 Å². The van der Waals surface area contributed by atoms with E-state index in [4.69, 9.17) is 10.2 Å². The molecular weight excluding hydrogens is 254 g/mol. The Balaban J connectivity index is 3.05. The minimum Gasteiger partial charge on any atom is -0.508 e. The molecule has 0 heterocycles. The summed E-state index contributed by atoms with van der Waals surface area (Å²) in [6.45, 7) is 10.1. The van der Waals surface area contributed by atoms with Crippen LogP contribution >= 0.6 is 0 Å². The van der Waals surface area contributed by atoms with Crippen LogP contribution in [0.5, 0.6) is 5.75 Å². The molecule has 0 saturated heterocycles. The summed E-state index contributed by atoms with van der Waals surface area (Å²) < 4.78 is 0. The standard InChI is InChI=1S/C16H27NO3/c1-12-9-15(20)14(16(2,3)4)10-13(12)11-17(5-7-18)6-8-19/h9-10,18-20H,5-8,11H2,1-4H3. The Labute approximate surface area is 121 Å². The highest BCUT2D eigenvalue weighted by Gasteiger charge is 2.20.